The SMILES string of the molecule is CN(C)C(=O)c1cccc(S(=O)(=O)N2CCC3(CC2)OCCO3)c1. The summed E-state index contributed by atoms with van der Waals surface area (Å²) in [6.45, 7) is 1.80. The zero-order chi connectivity index (χ0) is 17.4. The van der Waals surface area contributed by atoms with E-state index in [-0.39, 0.29) is 10.8 Å². The third kappa shape index (κ3) is 3.19. The minimum atomic E-state index is -3.64. The Balaban J connectivity index is 1.79. The van der Waals surface area contributed by atoms with Crippen LogP contribution in [0.25, 0.3) is 0 Å². The van der Waals surface area contributed by atoms with Gasteiger partial charge in [0.15, 0.2) is 5.79 Å². The summed E-state index contributed by atoms with van der Waals surface area (Å²) in [6.07, 6.45) is 1.03. The van der Waals surface area contributed by atoms with Crippen molar-refractivity contribution in [3.8, 4) is 0 Å². The third-order valence-electron chi connectivity index (χ3n) is 4.42. The van der Waals surface area contributed by atoms with Crippen molar-refractivity contribution in [2.75, 3.05) is 40.4 Å². The first-order valence-electron chi connectivity index (χ1n) is 7.94. The van der Waals surface area contributed by atoms with E-state index < -0.39 is 15.8 Å². The van der Waals surface area contributed by atoms with Crippen LogP contribution in [0.15, 0.2) is 29.2 Å². The Bertz CT molecular complexity index is 716. The van der Waals surface area contributed by atoms with Gasteiger partial charge in [-0.3, -0.25) is 4.79 Å². The van der Waals surface area contributed by atoms with Crippen molar-refractivity contribution in [2.24, 2.45) is 0 Å². The number of rotatable bonds is 3. The first-order valence-corrected chi connectivity index (χ1v) is 9.38. The predicted molar refractivity (Wildman–Crippen MR) is 87.1 cm³/mol. The van der Waals surface area contributed by atoms with Crippen LogP contribution in [0.2, 0.25) is 0 Å². The van der Waals surface area contributed by atoms with Crippen LogP contribution < -0.4 is 0 Å². The van der Waals surface area contributed by atoms with Gasteiger partial charge in [-0.2, -0.15) is 4.31 Å². The number of benzene rings is 1. The molecule has 7 nitrogen and oxygen atoms in total. The molecule has 2 aliphatic heterocycles. The molecule has 2 saturated heterocycles. The van der Waals surface area contributed by atoms with E-state index in [0.29, 0.717) is 44.7 Å². The fourth-order valence-corrected chi connectivity index (χ4v) is 4.54. The Kier molecular flexibility index (Phi) is 4.65. The van der Waals surface area contributed by atoms with Crippen LogP contribution in [0.4, 0.5) is 0 Å². The Morgan fingerprint density at radius 3 is 2.38 bits per heavy atom. The van der Waals surface area contributed by atoms with Gasteiger partial charge in [-0.1, -0.05) is 6.07 Å². The highest BCUT2D eigenvalue weighted by molar-refractivity contribution is 7.89. The lowest BCUT2D eigenvalue weighted by Crippen LogP contribution is -2.47. The molecule has 0 atom stereocenters. The summed E-state index contributed by atoms with van der Waals surface area (Å²) in [7, 11) is -0.370. The number of sulfonamides is 1. The number of carbonyl (C=O) groups excluding carboxylic acids is 1. The number of piperidine rings is 1. The van der Waals surface area contributed by atoms with Gasteiger partial charge in [-0.15, -0.1) is 0 Å². The van der Waals surface area contributed by atoms with E-state index in [0.717, 1.165) is 0 Å². The summed E-state index contributed by atoms with van der Waals surface area (Å²) >= 11 is 0. The van der Waals surface area contributed by atoms with Gasteiger partial charge in [-0.25, -0.2) is 8.42 Å². The van der Waals surface area contributed by atoms with E-state index in [1.54, 1.807) is 26.2 Å². The molecule has 0 aromatic heterocycles. The van der Waals surface area contributed by atoms with Crippen LogP contribution >= 0.6 is 0 Å². The highest BCUT2D eigenvalue weighted by Gasteiger charge is 2.42. The van der Waals surface area contributed by atoms with Crippen LogP contribution in [0.5, 0.6) is 0 Å². The lowest BCUT2D eigenvalue weighted by atomic mass is 10.1. The van der Waals surface area contributed by atoms with E-state index in [9.17, 15) is 13.2 Å². The van der Waals surface area contributed by atoms with Crippen molar-refractivity contribution >= 4 is 15.9 Å². The molecule has 1 spiro atoms. The van der Waals surface area contributed by atoms with Crippen LogP contribution in [0, 0.1) is 0 Å². The van der Waals surface area contributed by atoms with Gasteiger partial charge in [0.1, 0.15) is 0 Å². The molecule has 1 amide bonds. The molecule has 3 rings (SSSR count). The van der Waals surface area contributed by atoms with Gasteiger partial charge in [0.05, 0.1) is 18.1 Å². The quantitative estimate of drug-likeness (QED) is 0.807. The maximum atomic E-state index is 12.9. The molecule has 0 N–H and O–H groups in total. The summed E-state index contributed by atoms with van der Waals surface area (Å²) in [5, 5.41) is 0. The second-order valence-electron chi connectivity index (χ2n) is 6.24. The molecule has 8 heteroatoms. The van der Waals surface area contributed by atoms with Gasteiger partial charge >= 0.3 is 0 Å². The molecular formula is C16H22N2O5S. The van der Waals surface area contributed by atoms with Crippen molar-refractivity contribution in [2.45, 2.75) is 23.5 Å². The van der Waals surface area contributed by atoms with Crippen molar-refractivity contribution < 1.29 is 22.7 Å². The first-order chi connectivity index (χ1) is 11.3. The standard InChI is InChI=1S/C16H22N2O5S/c1-17(2)15(19)13-4-3-5-14(12-13)24(20,21)18-8-6-16(7-9-18)22-10-11-23-16/h3-5,12H,6-11H2,1-2H3. The van der Waals surface area contributed by atoms with Crippen molar-refractivity contribution in [3.63, 3.8) is 0 Å². The summed E-state index contributed by atoms with van der Waals surface area (Å²) in [4.78, 5) is 13.6. The molecule has 0 bridgehead atoms. The molecule has 0 saturated carbocycles. The first kappa shape index (κ1) is 17.3. The number of ether oxygens (including phenoxy) is 2. The van der Waals surface area contributed by atoms with Gasteiger partial charge in [-0.05, 0) is 18.2 Å². The number of hydrogen-bond acceptors (Lipinski definition) is 5. The molecule has 2 aliphatic rings. The summed E-state index contributed by atoms with van der Waals surface area (Å²) in [6, 6.07) is 6.17. The molecular weight excluding hydrogens is 332 g/mol. The minimum absolute atomic E-state index is 0.138. The third-order valence-corrected chi connectivity index (χ3v) is 6.32. The summed E-state index contributed by atoms with van der Waals surface area (Å²) in [5.41, 5.74) is 0.358. The highest BCUT2D eigenvalue weighted by atomic mass is 32.2. The van der Waals surface area contributed by atoms with E-state index in [1.807, 2.05) is 0 Å². The zero-order valence-corrected chi connectivity index (χ0v) is 14.7. The number of nitrogens with zero attached hydrogens (tertiary/aromatic N) is 2. The molecule has 1 aromatic carbocycles. The Morgan fingerprint density at radius 2 is 1.79 bits per heavy atom. The highest BCUT2D eigenvalue weighted by Crippen LogP contribution is 2.33. The number of carbonyl (C=O) groups is 1. The van der Waals surface area contributed by atoms with E-state index in [1.165, 1.54) is 21.3 Å². The maximum Gasteiger partial charge on any atom is 0.253 e. The molecule has 2 fully saturated rings. The Labute approximate surface area is 142 Å². The lowest BCUT2D eigenvalue weighted by Gasteiger charge is -2.36. The topological polar surface area (TPSA) is 76.2 Å². The van der Waals surface area contributed by atoms with Gasteiger partial charge in [0.2, 0.25) is 10.0 Å². The van der Waals surface area contributed by atoms with E-state index in [4.69, 9.17) is 9.47 Å². The van der Waals surface area contributed by atoms with Crippen molar-refractivity contribution in [3.05, 3.63) is 29.8 Å². The second kappa shape index (κ2) is 6.44. The van der Waals surface area contributed by atoms with Gasteiger partial charge < -0.3 is 14.4 Å². The maximum absolute atomic E-state index is 12.9. The van der Waals surface area contributed by atoms with Crippen LogP contribution in [-0.4, -0.2) is 69.7 Å². The smallest absolute Gasteiger partial charge is 0.253 e. The Morgan fingerprint density at radius 1 is 1.17 bits per heavy atom. The molecule has 0 aliphatic carbocycles. The summed E-state index contributed by atoms with van der Waals surface area (Å²) in [5.74, 6) is -0.841. The largest absolute Gasteiger partial charge is 0.347 e. The molecule has 0 unspecified atom stereocenters. The molecule has 0 radical (unpaired) electrons. The van der Waals surface area contributed by atoms with E-state index in [2.05, 4.69) is 0 Å². The lowest BCUT2D eigenvalue weighted by molar-refractivity contribution is -0.179. The van der Waals surface area contributed by atoms with E-state index >= 15 is 0 Å². The zero-order valence-electron chi connectivity index (χ0n) is 13.9. The minimum Gasteiger partial charge on any atom is -0.347 e. The average Bonchev–Trinajstić information content (AvgIpc) is 3.02. The normalized spacial score (nSPS) is 21.1. The summed E-state index contributed by atoms with van der Waals surface area (Å²) < 4.78 is 38.4. The van der Waals surface area contributed by atoms with Crippen LogP contribution in [-0.2, 0) is 19.5 Å². The molecule has 24 heavy (non-hydrogen) atoms. The van der Waals surface area contributed by atoms with Crippen LogP contribution in [0.3, 0.4) is 0 Å². The Hall–Kier alpha value is -1.48. The molecule has 2 heterocycles. The monoisotopic (exact) mass is 354 g/mol. The molecule has 132 valence electrons. The fourth-order valence-electron chi connectivity index (χ4n) is 3.05. The van der Waals surface area contributed by atoms with Crippen LogP contribution in [0.1, 0.15) is 23.2 Å². The number of amides is 1. The van der Waals surface area contributed by atoms with Crippen molar-refractivity contribution in [1.29, 1.82) is 0 Å². The number of hydrogen-bond donors (Lipinski definition) is 0. The van der Waals surface area contributed by atoms with Gasteiger partial charge in [0, 0.05) is 45.6 Å². The second-order valence-corrected chi connectivity index (χ2v) is 8.18. The fraction of sp³-hybridized carbons (Fsp3) is 0.562. The predicted octanol–water partition coefficient (Wildman–Crippen LogP) is 0.916. The van der Waals surface area contributed by atoms with Crippen molar-refractivity contribution in [1.82, 2.24) is 9.21 Å². The molecule has 1 aromatic rings. The van der Waals surface area contributed by atoms with Gasteiger partial charge in [0.25, 0.3) is 5.91 Å². The average molecular weight is 354 g/mol.